The van der Waals surface area contributed by atoms with Gasteiger partial charge in [0.15, 0.2) is 0 Å². The number of benzene rings is 1. The van der Waals surface area contributed by atoms with E-state index in [0.29, 0.717) is 18.7 Å². The Balaban J connectivity index is 2.49. The Bertz CT molecular complexity index is 333. The third-order valence-electron chi connectivity index (χ3n) is 2.35. The van der Waals surface area contributed by atoms with Crippen LogP contribution >= 0.6 is 0 Å². The lowest BCUT2D eigenvalue weighted by atomic mass is 10.1. The summed E-state index contributed by atoms with van der Waals surface area (Å²) in [6.45, 7) is 4.90. The molecule has 0 bridgehead atoms. The van der Waals surface area contributed by atoms with Gasteiger partial charge in [-0.15, -0.1) is 0 Å². The maximum atomic E-state index is 12.9. The fraction of sp³-hybridized carbons (Fsp3) is 0.500. The Kier molecular flexibility index (Phi) is 4.38. The van der Waals surface area contributed by atoms with Crippen molar-refractivity contribution >= 4 is 0 Å². The van der Waals surface area contributed by atoms with Crippen molar-refractivity contribution < 1.29 is 13.5 Å². The molecule has 0 aliphatic rings. The van der Waals surface area contributed by atoms with E-state index in [4.69, 9.17) is 4.74 Å². The topological polar surface area (TPSA) is 21.3 Å². The van der Waals surface area contributed by atoms with E-state index in [-0.39, 0.29) is 5.60 Å². The van der Waals surface area contributed by atoms with E-state index in [2.05, 4.69) is 5.32 Å². The third kappa shape index (κ3) is 4.24. The molecule has 1 aromatic rings. The molecule has 0 aliphatic carbocycles. The monoisotopic (exact) mass is 229 g/mol. The molecule has 0 fully saturated rings. The van der Waals surface area contributed by atoms with Gasteiger partial charge in [0.1, 0.15) is 11.6 Å². The van der Waals surface area contributed by atoms with Crippen LogP contribution in [0.4, 0.5) is 8.78 Å². The van der Waals surface area contributed by atoms with Gasteiger partial charge in [-0.3, -0.25) is 0 Å². The zero-order chi connectivity index (χ0) is 12.2. The van der Waals surface area contributed by atoms with E-state index in [9.17, 15) is 8.78 Å². The summed E-state index contributed by atoms with van der Waals surface area (Å²) >= 11 is 0. The molecule has 0 amide bonds. The van der Waals surface area contributed by atoms with Crippen molar-refractivity contribution in [3.63, 3.8) is 0 Å². The first-order chi connectivity index (χ1) is 7.43. The summed E-state index contributed by atoms with van der Waals surface area (Å²) in [6.07, 6.45) is 0. The Labute approximate surface area is 94.6 Å². The van der Waals surface area contributed by atoms with Crippen molar-refractivity contribution in [3.8, 4) is 0 Å². The Morgan fingerprint density at radius 3 is 2.25 bits per heavy atom. The number of hydrogen-bond acceptors (Lipinski definition) is 2. The second-order valence-electron chi connectivity index (χ2n) is 4.35. The van der Waals surface area contributed by atoms with E-state index >= 15 is 0 Å². The average molecular weight is 229 g/mol. The van der Waals surface area contributed by atoms with Gasteiger partial charge in [-0.2, -0.15) is 0 Å². The molecule has 1 rings (SSSR count). The smallest absolute Gasteiger partial charge is 0.126 e. The van der Waals surface area contributed by atoms with Gasteiger partial charge in [0.25, 0.3) is 0 Å². The molecule has 1 N–H and O–H groups in total. The summed E-state index contributed by atoms with van der Waals surface area (Å²) in [4.78, 5) is 0. The summed E-state index contributed by atoms with van der Waals surface area (Å²) in [7, 11) is 1.63. The van der Waals surface area contributed by atoms with Crippen LogP contribution in [0.3, 0.4) is 0 Å². The minimum absolute atomic E-state index is 0.286. The predicted molar refractivity (Wildman–Crippen MR) is 59.2 cm³/mol. The van der Waals surface area contributed by atoms with Crippen LogP contribution < -0.4 is 5.32 Å². The molecular formula is C12H17F2NO. The molecule has 0 spiro atoms. The van der Waals surface area contributed by atoms with Gasteiger partial charge in [-0.1, -0.05) is 0 Å². The summed E-state index contributed by atoms with van der Waals surface area (Å²) in [5, 5.41) is 3.09. The zero-order valence-corrected chi connectivity index (χ0v) is 9.81. The number of hydrogen-bond donors (Lipinski definition) is 1. The number of halogens is 2. The van der Waals surface area contributed by atoms with E-state index in [1.54, 1.807) is 7.11 Å². The molecule has 4 heteroatoms. The Morgan fingerprint density at radius 1 is 1.19 bits per heavy atom. The zero-order valence-electron chi connectivity index (χ0n) is 9.81. The molecule has 0 saturated carbocycles. The van der Waals surface area contributed by atoms with Crippen molar-refractivity contribution in [1.29, 1.82) is 0 Å². The van der Waals surface area contributed by atoms with Crippen LogP contribution in [-0.2, 0) is 11.3 Å². The predicted octanol–water partition coefficient (Wildman–Crippen LogP) is 2.48. The highest BCUT2D eigenvalue weighted by atomic mass is 19.1. The van der Waals surface area contributed by atoms with Crippen LogP contribution in [0.5, 0.6) is 0 Å². The van der Waals surface area contributed by atoms with Crippen LogP contribution in [0.15, 0.2) is 18.2 Å². The fourth-order valence-electron chi connectivity index (χ4n) is 1.29. The molecule has 0 atom stereocenters. The maximum Gasteiger partial charge on any atom is 0.126 e. The van der Waals surface area contributed by atoms with Crippen molar-refractivity contribution in [2.45, 2.75) is 26.0 Å². The highest BCUT2D eigenvalue weighted by Crippen LogP contribution is 2.09. The highest BCUT2D eigenvalue weighted by molar-refractivity contribution is 5.17. The molecule has 0 saturated heterocycles. The van der Waals surface area contributed by atoms with E-state index < -0.39 is 11.6 Å². The quantitative estimate of drug-likeness (QED) is 0.837. The molecule has 2 nitrogen and oxygen atoms in total. The van der Waals surface area contributed by atoms with Gasteiger partial charge in [-0.05, 0) is 31.5 Å². The summed E-state index contributed by atoms with van der Waals surface area (Å²) in [5.41, 5.74) is 0.302. The molecule has 0 unspecified atom stereocenters. The maximum absolute atomic E-state index is 12.9. The first-order valence-electron chi connectivity index (χ1n) is 5.14. The summed E-state index contributed by atoms with van der Waals surface area (Å²) in [6, 6.07) is 3.49. The van der Waals surface area contributed by atoms with Gasteiger partial charge in [0, 0.05) is 26.3 Å². The van der Waals surface area contributed by atoms with Crippen molar-refractivity contribution in [1.82, 2.24) is 5.32 Å². The van der Waals surface area contributed by atoms with E-state index in [0.717, 1.165) is 6.07 Å². The Morgan fingerprint density at radius 2 is 1.75 bits per heavy atom. The van der Waals surface area contributed by atoms with Crippen LogP contribution in [-0.4, -0.2) is 19.3 Å². The number of ether oxygens (including phenoxy) is 1. The molecule has 0 aliphatic heterocycles. The highest BCUT2D eigenvalue weighted by Gasteiger charge is 2.15. The van der Waals surface area contributed by atoms with Crippen LogP contribution in [0, 0.1) is 11.6 Å². The van der Waals surface area contributed by atoms with Gasteiger partial charge >= 0.3 is 0 Å². The van der Waals surface area contributed by atoms with Crippen molar-refractivity contribution in [2.24, 2.45) is 0 Å². The normalized spacial score (nSPS) is 11.8. The SMILES string of the molecule is COC(C)(C)CNCc1cc(F)cc(F)c1. The van der Waals surface area contributed by atoms with Crippen molar-refractivity contribution in [2.75, 3.05) is 13.7 Å². The van der Waals surface area contributed by atoms with Gasteiger partial charge in [0.05, 0.1) is 5.60 Å². The summed E-state index contributed by atoms with van der Waals surface area (Å²) < 4.78 is 30.9. The second-order valence-corrected chi connectivity index (χ2v) is 4.35. The fourth-order valence-corrected chi connectivity index (χ4v) is 1.29. The lowest BCUT2D eigenvalue weighted by Gasteiger charge is -2.23. The van der Waals surface area contributed by atoms with Crippen LogP contribution in [0.1, 0.15) is 19.4 Å². The van der Waals surface area contributed by atoms with E-state index in [1.807, 2.05) is 13.8 Å². The number of methoxy groups -OCH3 is 1. The molecule has 0 radical (unpaired) electrons. The number of rotatable bonds is 5. The second kappa shape index (κ2) is 5.37. The molecule has 90 valence electrons. The molecular weight excluding hydrogens is 212 g/mol. The minimum Gasteiger partial charge on any atom is -0.377 e. The number of nitrogens with one attached hydrogen (secondary N) is 1. The van der Waals surface area contributed by atoms with Crippen LogP contribution in [0.25, 0.3) is 0 Å². The molecule has 16 heavy (non-hydrogen) atoms. The first-order valence-corrected chi connectivity index (χ1v) is 5.14. The molecule has 0 aromatic heterocycles. The lowest BCUT2D eigenvalue weighted by Crippen LogP contribution is -2.36. The summed E-state index contributed by atoms with van der Waals surface area (Å²) in [5.74, 6) is -1.11. The minimum atomic E-state index is -0.553. The largest absolute Gasteiger partial charge is 0.377 e. The lowest BCUT2D eigenvalue weighted by molar-refractivity contribution is 0.0230. The first kappa shape index (κ1) is 13.1. The van der Waals surface area contributed by atoms with Gasteiger partial charge in [0.2, 0.25) is 0 Å². The van der Waals surface area contributed by atoms with Gasteiger partial charge < -0.3 is 10.1 Å². The van der Waals surface area contributed by atoms with Crippen molar-refractivity contribution in [3.05, 3.63) is 35.4 Å². The average Bonchev–Trinajstić information content (AvgIpc) is 2.16. The van der Waals surface area contributed by atoms with Gasteiger partial charge in [-0.25, -0.2) is 8.78 Å². The Hall–Kier alpha value is -1.00. The molecule has 0 heterocycles. The van der Waals surface area contributed by atoms with Crippen LogP contribution in [0.2, 0.25) is 0 Å². The molecule has 1 aromatic carbocycles. The third-order valence-corrected chi connectivity index (χ3v) is 2.35. The van der Waals surface area contributed by atoms with E-state index in [1.165, 1.54) is 12.1 Å². The standard InChI is InChI=1S/C12H17F2NO/c1-12(2,16-3)8-15-7-9-4-10(13)6-11(14)5-9/h4-6,15H,7-8H2,1-3H3.